The first-order valence-corrected chi connectivity index (χ1v) is 7.90. The predicted octanol–water partition coefficient (Wildman–Crippen LogP) is 6.00. The van der Waals surface area contributed by atoms with Crippen molar-refractivity contribution >= 4 is 29.2 Å². The van der Waals surface area contributed by atoms with Gasteiger partial charge in [-0.1, -0.05) is 66.7 Å². The summed E-state index contributed by atoms with van der Waals surface area (Å²) in [6.45, 7) is 2.19. The highest BCUT2D eigenvalue weighted by molar-refractivity contribution is 7.44. The summed E-state index contributed by atoms with van der Waals surface area (Å²) >= 11 is 0. The van der Waals surface area contributed by atoms with Crippen molar-refractivity contribution in [2.75, 3.05) is 0 Å². The summed E-state index contributed by atoms with van der Waals surface area (Å²) in [6, 6.07) is 24.2. The Bertz CT molecular complexity index is 915. The van der Waals surface area contributed by atoms with Gasteiger partial charge in [-0.15, -0.1) is 8.19 Å². The van der Waals surface area contributed by atoms with E-state index in [9.17, 15) is 0 Å². The molecule has 4 rings (SSSR count). The zero-order chi connectivity index (χ0) is 13.5. The van der Waals surface area contributed by atoms with E-state index in [0.717, 1.165) is 8.19 Å². The molecule has 1 heteroatoms. The van der Waals surface area contributed by atoms with Crippen LogP contribution in [0.4, 0.5) is 0 Å². The summed E-state index contributed by atoms with van der Waals surface area (Å²) in [5.41, 5.74) is 4.11. The number of aryl methyl sites for hydroxylation is 1. The number of fused-ring (bicyclic) bond motifs is 3. The van der Waals surface area contributed by atoms with Gasteiger partial charge in [-0.05, 0) is 39.5 Å². The Labute approximate surface area is 120 Å². The molecule has 1 atom stereocenters. The van der Waals surface area contributed by atoms with Crippen molar-refractivity contribution < 1.29 is 0 Å². The van der Waals surface area contributed by atoms with Crippen LogP contribution < -0.4 is 0 Å². The fraction of sp³-hybridized carbons (Fsp3) is 0.0526. The van der Waals surface area contributed by atoms with Crippen molar-refractivity contribution in [2.24, 2.45) is 0 Å². The lowest BCUT2D eigenvalue weighted by atomic mass is 9.99. The van der Waals surface area contributed by atoms with Crippen molar-refractivity contribution in [3.05, 3.63) is 72.3 Å². The second-order valence-corrected chi connectivity index (χ2v) is 6.50. The highest BCUT2D eigenvalue weighted by Crippen LogP contribution is 2.43. The molecule has 0 fully saturated rings. The molecule has 0 bridgehead atoms. The third-order valence-corrected chi connectivity index (χ3v) is 5.47. The molecule has 4 aromatic rings. The van der Waals surface area contributed by atoms with Crippen LogP contribution in [0.15, 0.2) is 66.7 Å². The van der Waals surface area contributed by atoms with Crippen LogP contribution in [-0.4, -0.2) is 0 Å². The average Bonchev–Trinajstić information content (AvgIpc) is 2.86. The fourth-order valence-corrected chi connectivity index (χ4v) is 4.48. The Hall–Kier alpha value is -2.04. The molecule has 3 aromatic carbocycles. The smallest absolute Gasteiger partial charge is 0.00724 e. The van der Waals surface area contributed by atoms with Gasteiger partial charge in [0.15, 0.2) is 0 Å². The van der Waals surface area contributed by atoms with Crippen molar-refractivity contribution in [1.82, 2.24) is 0 Å². The first kappa shape index (κ1) is 11.8. The normalized spacial score (nSPS) is 11.7. The number of hydrogen-bond donors (Lipinski definition) is 0. The van der Waals surface area contributed by atoms with E-state index < -0.39 is 0 Å². The average molecular weight is 274 g/mol. The molecule has 0 saturated heterocycles. The van der Waals surface area contributed by atoms with Crippen LogP contribution in [0.25, 0.3) is 32.1 Å². The lowest BCUT2D eigenvalue weighted by Crippen LogP contribution is -1.82. The maximum absolute atomic E-state index is 2.26. The van der Waals surface area contributed by atoms with Crippen LogP contribution in [0.1, 0.15) is 5.56 Å². The lowest BCUT2D eigenvalue weighted by molar-refractivity contribution is 1.47. The molecule has 0 spiro atoms. The second-order valence-electron chi connectivity index (χ2n) is 5.21. The number of hydrogen-bond acceptors (Lipinski definition) is 0. The molecule has 0 saturated carbocycles. The monoisotopic (exact) mass is 274 g/mol. The Kier molecular flexibility index (Phi) is 2.65. The van der Waals surface area contributed by atoms with E-state index in [1.54, 1.807) is 0 Å². The van der Waals surface area contributed by atoms with E-state index in [1.165, 1.54) is 37.7 Å². The van der Waals surface area contributed by atoms with Gasteiger partial charge in [-0.2, -0.15) is 0 Å². The van der Waals surface area contributed by atoms with Crippen LogP contribution in [0, 0.1) is 6.92 Å². The van der Waals surface area contributed by atoms with Gasteiger partial charge in [-0.25, -0.2) is 0 Å². The first-order chi connectivity index (χ1) is 9.84. The summed E-state index contributed by atoms with van der Waals surface area (Å²) in [5.74, 6) is 0. The van der Waals surface area contributed by atoms with Gasteiger partial charge < -0.3 is 0 Å². The molecule has 96 valence electrons. The third-order valence-electron chi connectivity index (χ3n) is 3.98. The molecule has 1 unspecified atom stereocenters. The molecule has 0 N–H and O–H groups in total. The van der Waals surface area contributed by atoms with Gasteiger partial charge in [0, 0.05) is 5.12 Å². The van der Waals surface area contributed by atoms with E-state index in [4.69, 9.17) is 0 Å². The zero-order valence-corrected chi connectivity index (χ0v) is 12.4. The number of benzene rings is 3. The highest BCUT2D eigenvalue weighted by atomic mass is 31.0. The van der Waals surface area contributed by atoms with E-state index in [0.29, 0.717) is 0 Å². The van der Waals surface area contributed by atoms with Crippen LogP contribution in [0.2, 0.25) is 0 Å². The summed E-state index contributed by atoms with van der Waals surface area (Å²) in [7, 11) is 0.772. The Morgan fingerprint density at radius 3 is 2.25 bits per heavy atom. The van der Waals surface area contributed by atoms with Crippen LogP contribution in [0.5, 0.6) is 0 Å². The van der Waals surface area contributed by atoms with Crippen molar-refractivity contribution in [3.63, 3.8) is 0 Å². The molecular formula is C19H15P. The summed E-state index contributed by atoms with van der Waals surface area (Å²) in [4.78, 5) is 0. The van der Waals surface area contributed by atoms with Crippen LogP contribution in [-0.2, 0) is 0 Å². The fourth-order valence-electron chi connectivity index (χ4n) is 2.97. The van der Waals surface area contributed by atoms with E-state index in [2.05, 4.69) is 73.7 Å². The maximum atomic E-state index is 2.26. The van der Waals surface area contributed by atoms with Gasteiger partial charge in [0.2, 0.25) is 0 Å². The molecule has 1 heterocycles. The molecule has 0 aliphatic rings. The topological polar surface area (TPSA) is 0 Å². The number of rotatable bonds is 1. The first-order valence-electron chi connectivity index (χ1n) is 6.90. The van der Waals surface area contributed by atoms with E-state index >= 15 is 0 Å². The Balaban J connectivity index is 2.13. The third kappa shape index (κ3) is 1.69. The Morgan fingerprint density at radius 2 is 1.35 bits per heavy atom. The van der Waals surface area contributed by atoms with Crippen molar-refractivity contribution in [3.8, 4) is 11.1 Å². The van der Waals surface area contributed by atoms with Crippen LogP contribution in [0.3, 0.4) is 0 Å². The highest BCUT2D eigenvalue weighted by Gasteiger charge is 2.09. The summed E-state index contributed by atoms with van der Waals surface area (Å²) in [5, 5.41) is 5.81. The van der Waals surface area contributed by atoms with Gasteiger partial charge in [0.05, 0.1) is 0 Å². The van der Waals surface area contributed by atoms with Crippen LogP contribution >= 0.6 is 8.19 Å². The van der Waals surface area contributed by atoms with E-state index in [-0.39, 0.29) is 0 Å². The van der Waals surface area contributed by atoms with Gasteiger partial charge in [0.1, 0.15) is 0 Å². The summed E-state index contributed by atoms with van der Waals surface area (Å²) < 4.78 is 0. The molecule has 0 amide bonds. The van der Waals surface area contributed by atoms with Crippen molar-refractivity contribution in [1.29, 1.82) is 0 Å². The van der Waals surface area contributed by atoms with E-state index in [1.807, 2.05) is 0 Å². The zero-order valence-electron chi connectivity index (χ0n) is 11.4. The molecule has 0 aliphatic carbocycles. The standard InChI is InChI=1S/C19H15P/c1-13-7-2-3-8-14(13)16-10-6-11-17-15-9-4-5-12-18(15)20-19(16)17/h2-12,20H,1H3. The van der Waals surface area contributed by atoms with Gasteiger partial charge >= 0.3 is 0 Å². The minimum Gasteiger partial charge on any atom is -0.123 e. The second kappa shape index (κ2) is 4.51. The largest absolute Gasteiger partial charge is 0.123 e. The van der Waals surface area contributed by atoms with Crippen molar-refractivity contribution in [2.45, 2.75) is 6.92 Å². The maximum Gasteiger partial charge on any atom is 0.00724 e. The minimum absolute atomic E-state index is 0.772. The lowest BCUT2D eigenvalue weighted by Gasteiger charge is -2.07. The molecule has 0 radical (unpaired) electrons. The summed E-state index contributed by atoms with van der Waals surface area (Å²) in [6.07, 6.45) is 0. The predicted molar refractivity (Wildman–Crippen MR) is 91.1 cm³/mol. The Morgan fingerprint density at radius 1 is 0.650 bits per heavy atom. The van der Waals surface area contributed by atoms with Gasteiger partial charge in [0.25, 0.3) is 0 Å². The molecule has 1 aromatic heterocycles. The molecule has 0 aliphatic heterocycles. The minimum atomic E-state index is 0.772. The SMILES string of the molecule is Cc1ccccc1-c1cccc2c1[pH]c1ccccc12. The quantitative estimate of drug-likeness (QED) is 0.399. The molecule has 0 nitrogen and oxygen atoms in total. The molecular weight excluding hydrogens is 259 g/mol. The molecule has 20 heavy (non-hydrogen) atoms. The van der Waals surface area contributed by atoms with Gasteiger partial charge in [-0.3, -0.25) is 0 Å².